The van der Waals surface area contributed by atoms with Crippen molar-refractivity contribution >= 4 is 29.2 Å². The highest BCUT2D eigenvalue weighted by molar-refractivity contribution is 6.30. The van der Waals surface area contributed by atoms with Crippen LogP contribution in [0.1, 0.15) is 16.2 Å². The van der Waals surface area contributed by atoms with Crippen LogP contribution in [-0.2, 0) is 9.53 Å². The van der Waals surface area contributed by atoms with Gasteiger partial charge in [0, 0.05) is 11.1 Å². The minimum atomic E-state index is -0.836. The van der Waals surface area contributed by atoms with Gasteiger partial charge in [-0.3, -0.25) is 4.79 Å². The number of rotatable bonds is 4. The van der Waals surface area contributed by atoms with E-state index in [0.717, 1.165) is 6.07 Å². The van der Waals surface area contributed by atoms with Crippen LogP contribution in [0.15, 0.2) is 28.8 Å². The second kappa shape index (κ2) is 6.36. The maximum absolute atomic E-state index is 13.4. The Morgan fingerprint density at radius 2 is 2.19 bits per heavy atom. The smallest absolute Gasteiger partial charge is 0.377 e. The molecule has 0 spiro atoms. The van der Waals surface area contributed by atoms with Gasteiger partial charge in [-0.2, -0.15) is 0 Å². The second-order valence-corrected chi connectivity index (χ2v) is 4.52. The molecule has 0 saturated carbocycles. The minimum Gasteiger partial charge on any atom is -0.450 e. The average Bonchev–Trinajstić information content (AvgIpc) is 2.87. The Hall–Kier alpha value is -2.41. The minimum absolute atomic E-state index is 0.0981. The van der Waals surface area contributed by atoms with Gasteiger partial charge in [0.15, 0.2) is 6.61 Å². The van der Waals surface area contributed by atoms with Crippen molar-refractivity contribution in [2.45, 2.75) is 6.92 Å². The lowest BCUT2D eigenvalue weighted by atomic mass is 10.3. The fourth-order valence-corrected chi connectivity index (χ4v) is 1.61. The summed E-state index contributed by atoms with van der Waals surface area (Å²) in [6, 6.07) is 5.08. The quantitative estimate of drug-likeness (QED) is 0.877. The number of halogens is 2. The summed E-state index contributed by atoms with van der Waals surface area (Å²) in [5.74, 6) is -2.31. The van der Waals surface area contributed by atoms with E-state index in [1.165, 1.54) is 18.2 Å². The molecule has 21 heavy (non-hydrogen) atoms. The Morgan fingerprint density at radius 3 is 2.86 bits per heavy atom. The molecule has 1 amide bonds. The number of anilines is 1. The lowest BCUT2D eigenvalue weighted by Gasteiger charge is -2.06. The largest absolute Gasteiger partial charge is 0.450 e. The number of aryl methyl sites for hydroxylation is 1. The highest BCUT2D eigenvalue weighted by atomic mass is 35.5. The standard InChI is InChI=1S/C13H10ClFN2O4/c1-7-4-11(21-17-7)13(19)20-6-12(18)16-10-5-8(14)2-3-9(10)15/h2-5H,6H2,1H3,(H,16,18). The summed E-state index contributed by atoms with van der Waals surface area (Å²) in [6.45, 7) is 1.04. The van der Waals surface area contributed by atoms with Crippen molar-refractivity contribution in [1.82, 2.24) is 5.16 Å². The van der Waals surface area contributed by atoms with E-state index in [2.05, 4.69) is 15.0 Å². The summed E-state index contributed by atoms with van der Waals surface area (Å²) < 4.78 is 22.8. The fourth-order valence-electron chi connectivity index (χ4n) is 1.44. The van der Waals surface area contributed by atoms with Gasteiger partial charge in [-0.1, -0.05) is 16.8 Å². The van der Waals surface area contributed by atoms with E-state index in [9.17, 15) is 14.0 Å². The van der Waals surface area contributed by atoms with E-state index in [-0.39, 0.29) is 16.5 Å². The Morgan fingerprint density at radius 1 is 1.43 bits per heavy atom. The molecule has 0 bridgehead atoms. The molecule has 0 unspecified atom stereocenters. The monoisotopic (exact) mass is 312 g/mol. The van der Waals surface area contributed by atoms with Crippen molar-refractivity contribution in [3.05, 3.63) is 46.6 Å². The third-order valence-corrected chi connectivity index (χ3v) is 2.60. The molecule has 0 aliphatic heterocycles. The van der Waals surface area contributed by atoms with Crippen LogP contribution in [-0.4, -0.2) is 23.6 Å². The van der Waals surface area contributed by atoms with E-state index >= 15 is 0 Å². The first-order chi connectivity index (χ1) is 9.95. The number of amides is 1. The molecule has 0 saturated heterocycles. The number of benzene rings is 1. The van der Waals surface area contributed by atoms with E-state index in [1.54, 1.807) is 6.92 Å². The van der Waals surface area contributed by atoms with Gasteiger partial charge < -0.3 is 14.6 Å². The number of carbonyl (C=O) groups is 2. The van der Waals surface area contributed by atoms with Crippen LogP contribution in [0, 0.1) is 12.7 Å². The van der Waals surface area contributed by atoms with Gasteiger partial charge in [-0.05, 0) is 25.1 Å². The molecule has 2 aromatic rings. The molecule has 0 fully saturated rings. The summed E-state index contributed by atoms with van der Waals surface area (Å²) >= 11 is 5.69. The van der Waals surface area contributed by atoms with Gasteiger partial charge in [0.05, 0.1) is 11.4 Å². The molecule has 1 aromatic heterocycles. The molecule has 0 aliphatic carbocycles. The van der Waals surface area contributed by atoms with Gasteiger partial charge in [0.25, 0.3) is 5.91 Å². The van der Waals surface area contributed by atoms with Gasteiger partial charge in [0.2, 0.25) is 5.76 Å². The maximum Gasteiger partial charge on any atom is 0.377 e. The van der Waals surface area contributed by atoms with Crippen LogP contribution in [0.2, 0.25) is 5.02 Å². The molecule has 6 nitrogen and oxygen atoms in total. The summed E-state index contributed by atoms with van der Waals surface area (Å²) in [4.78, 5) is 23.1. The van der Waals surface area contributed by atoms with E-state index in [0.29, 0.717) is 5.69 Å². The Kier molecular flexibility index (Phi) is 4.54. The highest BCUT2D eigenvalue weighted by Gasteiger charge is 2.15. The highest BCUT2D eigenvalue weighted by Crippen LogP contribution is 2.19. The molecular weight excluding hydrogens is 303 g/mol. The maximum atomic E-state index is 13.4. The van der Waals surface area contributed by atoms with Gasteiger partial charge in [0.1, 0.15) is 5.82 Å². The molecular formula is C13H10ClFN2O4. The molecule has 1 aromatic carbocycles. The summed E-state index contributed by atoms with van der Waals surface area (Å²) in [7, 11) is 0. The van der Waals surface area contributed by atoms with Crippen molar-refractivity contribution in [3.8, 4) is 0 Å². The zero-order valence-electron chi connectivity index (χ0n) is 10.9. The van der Waals surface area contributed by atoms with E-state index < -0.39 is 24.3 Å². The molecule has 8 heteroatoms. The third kappa shape index (κ3) is 4.03. The Bertz CT molecular complexity index is 687. The summed E-state index contributed by atoms with van der Waals surface area (Å²) in [5.41, 5.74) is 0.409. The number of nitrogens with zero attached hydrogens (tertiary/aromatic N) is 1. The zero-order valence-corrected chi connectivity index (χ0v) is 11.6. The first-order valence-electron chi connectivity index (χ1n) is 5.81. The fraction of sp³-hybridized carbons (Fsp3) is 0.154. The normalized spacial score (nSPS) is 10.2. The van der Waals surface area contributed by atoms with Crippen molar-refractivity contribution in [2.75, 3.05) is 11.9 Å². The van der Waals surface area contributed by atoms with Crippen LogP contribution in [0.3, 0.4) is 0 Å². The molecule has 1 N–H and O–H groups in total. The van der Waals surface area contributed by atoms with Crippen molar-refractivity contribution in [3.63, 3.8) is 0 Å². The van der Waals surface area contributed by atoms with Crippen LogP contribution >= 0.6 is 11.6 Å². The first kappa shape index (κ1) is 15.0. The topological polar surface area (TPSA) is 81.4 Å². The van der Waals surface area contributed by atoms with Crippen molar-refractivity contribution < 1.29 is 23.2 Å². The molecule has 0 aliphatic rings. The molecule has 0 atom stereocenters. The predicted octanol–water partition coefficient (Wildman–Crippen LogP) is 2.57. The zero-order chi connectivity index (χ0) is 15.4. The molecule has 1 heterocycles. The number of hydrogen-bond donors (Lipinski definition) is 1. The van der Waals surface area contributed by atoms with Gasteiger partial charge in [-0.25, -0.2) is 9.18 Å². The molecule has 110 valence electrons. The number of carbonyl (C=O) groups excluding carboxylic acids is 2. The van der Waals surface area contributed by atoms with E-state index in [4.69, 9.17) is 16.3 Å². The Labute approximate surface area is 123 Å². The number of aromatic nitrogens is 1. The van der Waals surface area contributed by atoms with Gasteiger partial charge in [-0.15, -0.1) is 0 Å². The summed E-state index contributed by atoms with van der Waals surface area (Å²) in [6.07, 6.45) is 0. The summed E-state index contributed by atoms with van der Waals surface area (Å²) in [5, 5.41) is 6.02. The number of nitrogens with one attached hydrogen (secondary N) is 1. The second-order valence-electron chi connectivity index (χ2n) is 4.08. The Balaban J connectivity index is 1.90. The average molecular weight is 313 g/mol. The van der Waals surface area contributed by atoms with Crippen LogP contribution < -0.4 is 5.32 Å². The van der Waals surface area contributed by atoms with E-state index in [1.807, 2.05) is 0 Å². The first-order valence-corrected chi connectivity index (χ1v) is 6.19. The van der Waals surface area contributed by atoms with Crippen LogP contribution in [0.5, 0.6) is 0 Å². The number of ether oxygens (including phenoxy) is 1. The number of hydrogen-bond acceptors (Lipinski definition) is 5. The third-order valence-electron chi connectivity index (χ3n) is 2.37. The molecule has 0 radical (unpaired) electrons. The SMILES string of the molecule is Cc1cc(C(=O)OCC(=O)Nc2cc(Cl)ccc2F)on1. The van der Waals surface area contributed by atoms with Crippen molar-refractivity contribution in [2.24, 2.45) is 0 Å². The molecule has 2 rings (SSSR count). The lowest BCUT2D eigenvalue weighted by Crippen LogP contribution is -2.21. The van der Waals surface area contributed by atoms with Gasteiger partial charge >= 0.3 is 5.97 Å². The van der Waals surface area contributed by atoms with Crippen LogP contribution in [0.25, 0.3) is 0 Å². The number of esters is 1. The van der Waals surface area contributed by atoms with Crippen LogP contribution in [0.4, 0.5) is 10.1 Å². The predicted molar refractivity (Wildman–Crippen MR) is 71.6 cm³/mol. The lowest BCUT2D eigenvalue weighted by molar-refractivity contribution is -0.119. The van der Waals surface area contributed by atoms with Crippen molar-refractivity contribution in [1.29, 1.82) is 0 Å².